The highest BCUT2D eigenvalue weighted by molar-refractivity contribution is 5.97. The van der Waals surface area contributed by atoms with Gasteiger partial charge in [-0.1, -0.05) is 66.7 Å². The lowest BCUT2D eigenvalue weighted by Gasteiger charge is -2.23. The molecule has 1 aliphatic heterocycles. The maximum Gasteiger partial charge on any atom is 0.410 e. The van der Waals surface area contributed by atoms with Crippen molar-refractivity contribution in [1.29, 1.82) is 0 Å². The monoisotopic (exact) mass is 504 g/mol. The zero-order valence-corrected chi connectivity index (χ0v) is 20.9. The first-order valence-electron chi connectivity index (χ1n) is 12.9. The summed E-state index contributed by atoms with van der Waals surface area (Å²) in [6, 6.07) is 29.2. The number of fused-ring (bicyclic) bond motifs is 2. The Kier molecular flexibility index (Phi) is 6.48. The van der Waals surface area contributed by atoms with Gasteiger partial charge in [0.15, 0.2) is 0 Å². The van der Waals surface area contributed by atoms with Crippen molar-refractivity contribution >= 4 is 39.5 Å². The Morgan fingerprint density at radius 2 is 1.66 bits per heavy atom. The lowest BCUT2D eigenvalue weighted by Crippen LogP contribution is -2.43. The van der Waals surface area contributed by atoms with Crippen LogP contribution in [0.15, 0.2) is 91.0 Å². The Morgan fingerprint density at radius 3 is 2.45 bits per heavy atom. The van der Waals surface area contributed by atoms with E-state index >= 15 is 0 Å². The van der Waals surface area contributed by atoms with Crippen LogP contribution in [-0.2, 0) is 22.6 Å². The average molecular weight is 505 g/mol. The number of ether oxygens (including phenoxy) is 1. The predicted molar refractivity (Wildman–Crippen MR) is 148 cm³/mol. The standard InChI is InChI=1S/C31H28N4O3/c36-30(28-11-6-16-35(28)31(37)38-20-22-7-2-1-3-8-22)32-25-14-12-21(13-15-25)17-29-33-26-18-23-9-4-5-10-24(23)19-27(26)34-29/h1-5,7-10,12-15,18-19,28H,6,11,16-17,20H2,(H,32,36)(H,33,34)/t28-/m0/s1. The quantitative estimate of drug-likeness (QED) is 0.295. The van der Waals surface area contributed by atoms with Crippen LogP contribution in [0.25, 0.3) is 21.8 Å². The van der Waals surface area contributed by atoms with Crippen molar-refractivity contribution < 1.29 is 14.3 Å². The summed E-state index contributed by atoms with van der Waals surface area (Å²) in [5.41, 5.74) is 4.66. The van der Waals surface area contributed by atoms with E-state index in [1.807, 2.05) is 66.7 Å². The number of aromatic nitrogens is 2. The Hall–Kier alpha value is -4.65. The first kappa shape index (κ1) is 23.7. The number of amides is 2. The van der Waals surface area contributed by atoms with Gasteiger partial charge in [-0.25, -0.2) is 9.78 Å². The van der Waals surface area contributed by atoms with E-state index in [1.54, 1.807) is 0 Å². The SMILES string of the molecule is O=C(Nc1ccc(Cc2nc3cc4ccccc4cc3[nH]2)cc1)[C@@H]1CCCN1C(=O)OCc1ccccc1. The fourth-order valence-electron chi connectivity index (χ4n) is 5.02. The van der Waals surface area contributed by atoms with Crippen LogP contribution in [0.5, 0.6) is 0 Å². The zero-order chi connectivity index (χ0) is 25.9. The molecule has 0 spiro atoms. The summed E-state index contributed by atoms with van der Waals surface area (Å²) in [6.07, 6.45) is 1.58. The third-order valence-electron chi connectivity index (χ3n) is 6.99. The normalized spacial score (nSPS) is 15.2. The van der Waals surface area contributed by atoms with E-state index in [0.29, 0.717) is 25.1 Å². The smallest absolute Gasteiger partial charge is 0.410 e. The third-order valence-corrected chi connectivity index (χ3v) is 6.99. The number of benzene rings is 4. The molecule has 5 aromatic rings. The minimum absolute atomic E-state index is 0.188. The van der Waals surface area contributed by atoms with Crippen LogP contribution >= 0.6 is 0 Å². The molecule has 7 nitrogen and oxygen atoms in total. The van der Waals surface area contributed by atoms with Gasteiger partial charge in [0.1, 0.15) is 18.5 Å². The van der Waals surface area contributed by atoms with Crippen LogP contribution in [0.1, 0.15) is 29.8 Å². The molecule has 1 atom stereocenters. The van der Waals surface area contributed by atoms with Crippen LogP contribution in [0.3, 0.4) is 0 Å². The number of H-pyrrole nitrogens is 1. The van der Waals surface area contributed by atoms with Gasteiger partial charge < -0.3 is 15.0 Å². The average Bonchev–Trinajstić information content (AvgIpc) is 3.59. The number of nitrogens with zero attached hydrogens (tertiary/aromatic N) is 2. The van der Waals surface area contributed by atoms with Crippen LogP contribution in [0.4, 0.5) is 10.5 Å². The minimum Gasteiger partial charge on any atom is -0.445 e. The van der Waals surface area contributed by atoms with Crippen molar-refractivity contribution in [3.63, 3.8) is 0 Å². The fraction of sp³-hybridized carbons (Fsp3) is 0.194. The molecule has 7 heteroatoms. The van der Waals surface area contributed by atoms with Crippen LogP contribution in [0, 0.1) is 0 Å². The van der Waals surface area contributed by atoms with E-state index in [4.69, 9.17) is 9.72 Å². The molecule has 4 aromatic carbocycles. The van der Waals surface area contributed by atoms with E-state index in [2.05, 4.69) is 34.6 Å². The fourth-order valence-corrected chi connectivity index (χ4v) is 5.02. The Balaban J connectivity index is 1.07. The number of aromatic amines is 1. The summed E-state index contributed by atoms with van der Waals surface area (Å²) in [4.78, 5) is 35.4. The van der Waals surface area contributed by atoms with E-state index in [1.165, 1.54) is 15.7 Å². The van der Waals surface area contributed by atoms with Crippen molar-refractivity contribution in [2.75, 3.05) is 11.9 Å². The van der Waals surface area contributed by atoms with Gasteiger partial charge in [0, 0.05) is 18.7 Å². The van der Waals surface area contributed by atoms with Gasteiger partial charge in [0.05, 0.1) is 11.0 Å². The second-order valence-electron chi connectivity index (χ2n) is 9.65. The second-order valence-corrected chi connectivity index (χ2v) is 9.65. The number of carbonyl (C=O) groups excluding carboxylic acids is 2. The Labute approximate surface area is 220 Å². The molecule has 0 saturated carbocycles. The highest BCUT2D eigenvalue weighted by Gasteiger charge is 2.35. The second kappa shape index (κ2) is 10.4. The Morgan fingerprint density at radius 1 is 0.921 bits per heavy atom. The number of rotatable bonds is 6. The maximum atomic E-state index is 13.0. The predicted octanol–water partition coefficient (Wildman–Crippen LogP) is 6.05. The van der Waals surface area contributed by atoms with E-state index in [0.717, 1.165) is 34.4 Å². The zero-order valence-electron chi connectivity index (χ0n) is 20.9. The number of imidazole rings is 1. The summed E-state index contributed by atoms with van der Waals surface area (Å²) >= 11 is 0. The van der Waals surface area contributed by atoms with Gasteiger partial charge in [-0.3, -0.25) is 9.69 Å². The third kappa shape index (κ3) is 5.09. The topological polar surface area (TPSA) is 87.3 Å². The molecule has 2 N–H and O–H groups in total. The van der Waals surface area contributed by atoms with Gasteiger partial charge in [-0.2, -0.15) is 0 Å². The van der Waals surface area contributed by atoms with Gasteiger partial charge in [-0.05, 0) is 59.0 Å². The summed E-state index contributed by atoms with van der Waals surface area (Å²) in [5.74, 6) is 0.693. The first-order chi connectivity index (χ1) is 18.6. The van der Waals surface area contributed by atoms with Gasteiger partial charge in [-0.15, -0.1) is 0 Å². The van der Waals surface area contributed by atoms with Crippen molar-refractivity contribution in [3.8, 4) is 0 Å². The van der Waals surface area contributed by atoms with Crippen molar-refractivity contribution in [1.82, 2.24) is 14.9 Å². The lowest BCUT2D eigenvalue weighted by atomic mass is 10.1. The maximum absolute atomic E-state index is 13.0. The molecular formula is C31H28N4O3. The molecule has 6 rings (SSSR count). The van der Waals surface area contributed by atoms with Crippen molar-refractivity contribution in [3.05, 3.63) is 108 Å². The molecule has 0 radical (unpaired) electrons. The van der Waals surface area contributed by atoms with E-state index in [-0.39, 0.29) is 12.5 Å². The molecule has 2 amide bonds. The highest BCUT2D eigenvalue weighted by Crippen LogP contribution is 2.23. The molecule has 190 valence electrons. The van der Waals surface area contributed by atoms with Crippen molar-refractivity contribution in [2.45, 2.75) is 31.9 Å². The minimum atomic E-state index is -0.538. The van der Waals surface area contributed by atoms with Gasteiger partial charge in [0.2, 0.25) is 5.91 Å². The summed E-state index contributed by atoms with van der Waals surface area (Å²) in [6.45, 7) is 0.700. The number of anilines is 1. The Bertz CT molecular complexity index is 1540. The van der Waals surface area contributed by atoms with Crippen LogP contribution in [0.2, 0.25) is 0 Å². The molecule has 38 heavy (non-hydrogen) atoms. The molecular weight excluding hydrogens is 476 g/mol. The first-order valence-corrected chi connectivity index (χ1v) is 12.9. The molecule has 0 unspecified atom stereocenters. The molecule has 1 fully saturated rings. The largest absolute Gasteiger partial charge is 0.445 e. The van der Waals surface area contributed by atoms with E-state index < -0.39 is 12.1 Å². The van der Waals surface area contributed by atoms with Crippen LogP contribution in [-0.4, -0.2) is 39.5 Å². The molecule has 1 aliphatic rings. The highest BCUT2D eigenvalue weighted by atomic mass is 16.6. The lowest BCUT2D eigenvalue weighted by molar-refractivity contribution is -0.120. The molecule has 2 heterocycles. The molecule has 0 aliphatic carbocycles. The molecule has 1 aromatic heterocycles. The van der Waals surface area contributed by atoms with Crippen LogP contribution < -0.4 is 5.32 Å². The molecule has 1 saturated heterocycles. The summed E-state index contributed by atoms with van der Waals surface area (Å²) in [5, 5.41) is 5.31. The number of hydrogen-bond acceptors (Lipinski definition) is 4. The van der Waals surface area contributed by atoms with Gasteiger partial charge >= 0.3 is 6.09 Å². The number of nitrogens with one attached hydrogen (secondary N) is 2. The summed E-state index contributed by atoms with van der Waals surface area (Å²) < 4.78 is 5.46. The summed E-state index contributed by atoms with van der Waals surface area (Å²) in [7, 11) is 0. The number of carbonyl (C=O) groups is 2. The van der Waals surface area contributed by atoms with Gasteiger partial charge in [0.25, 0.3) is 0 Å². The van der Waals surface area contributed by atoms with Crippen molar-refractivity contribution in [2.24, 2.45) is 0 Å². The molecule has 0 bridgehead atoms. The number of likely N-dealkylation sites (tertiary alicyclic amines) is 1. The van der Waals surface area contributed by atoms with E-state index in [9.17, 15) is 9.59 Å². The number of hydrogen-bond donors (Lipinski definition) is 2.